The molecule has 1 rings (SSSR count). The fourth-order valence-corrected chi connectivity index (χ4v) is 1.29. The van der Waals surface area contributed by atoms with E-state index in [1.165, 1.54) is 5.32 Å². The van der Waals surface area contributed by atoms with Crippen LogP contribution in [0.15, 0.2) is 18.2 Å². The summed E-state index contributed by atoms with van der Waals surface area (Å²) in [7, 11) is 0. The van der Waals surface area contributed by atoms with E-state index in [0.717, 1.165) is 6.07 Å². The lowest BCUT2D eigenvalue weighted by atomic mass is 10.0. The van der Waals surface area contributed by atoms with Crippen LogP contribution in [0.1, 0.15) is 6.92 Å². The lowest BCUT2D eigenvalue weighted by Crippen LogP contribution is -2.66. The van der Waals surface area contributed by atoms with Crippen LogP contribution >= 0.6 is 0 Å². The maximum absolute atomic E-state index is 13.2. The first kappa shape index (κ1) is 18.0. The summed E-state index contributed by atoms with van der Waals surface area (Å²) in [6, 6.07) is 0.140. The van der Waals surface area contributed by atoms with Crippen LogP contribution in [0.4, 0.5) is 45.6 Å². The van der Waals surface area contributed by atoms with Crippen molar-refractivity contribution in [3.05, 3.63) is 29.8 Å². The first-order chi connectivity index (χ1) is 9.79. The summed E-state index contributed by atoms with van der Waals surface area (Å²) in [5, 5.41) is 1.92. The van der Waals surface area contributed by atoms with Gasteiger partial charge in [-0.1, -0.05) is 6.07 Å². The summed E-state index contributed by atoms with van der Waals surface area (Å²) in [5.41, 5.74) is -5.77. The third-order valence-corrected chi connectivity index (χ3v) is 2.70. The van der Waals surface area contributed by atoms with Gasteiger partial charge in [0.1, 0.15) is 17.3 Å². The molecule has 0 bridgehead atoms. The Labute approximate surface area is 118 Å². The Kier molecular flexibility index (Phi) is 4.59. The van der Waals surface area contributed by atoms with E-state index >= 15 is 0 Å². The van der Waals surface area contributed by atoms with Gasteiger partial charge in [-0.05, 0) is 19.1 Å². The van der Waals surface area contributed by atoms with Gasteiger partial charge in [0.15, 0.2) is 0 Å². The molecule has 22 heavy (non-hydrogen) atoms. The zero-order chi connectivity index (χ0) is 17.3. The largest absolute Gasteiger partial charge is 0.420 e. The van der Waals surface area contributed by atoms with Crippen molar-refractivity contribution in [2.45, 2.75) is 24.8 Å². The van der Waals surface area contributed by atoms with E-state index in [4.69, 9.17) is 0 Å². The highest BCUT2D eigenvalue weighted by atomic mass is 19.4. The molecule has 0 aromatic heterocycles. The molecule has 0 atom stereocenters. The number of halogens is 8. The summed E-state index contributed by atoms with van der Waals surface area (Å²) in [6.07, 6.45) is -11.8. The van der Waals surface area contributed by atoms with E-state index in [1.807, 2.05) is 0 Å². The molecule has 2 amide bonds. The van der Waals surface area contributed by atoms with Crippen molar-refractivity contribution < 1.29 is 39.9 Å². The van der Waals surface area contributed by atoms with Crippen LogP contribution in [0.2, 0.25) is 0 Å². The van der Waals surface area contributed by atoms with Gasteiger partial charge in [0, 0.05) is 0 Å². The lowest BCUT2D eigenvalue weighted by Gasteiger charge is -2.34. The van der Waals surface area contributed by atoms with E-state index < -0.39 is 41.2 Å². The standard InChI is InChI=1S/C11H8F8N2O/c1-9(10(14,15)16,11(17,18)19)21-8(22)20-7-5(12)3-2-4-6(7)13/h2-4H,1H3,(H2,20,21,22). The van der Waals surface area contributed by atoms with E-state index in [2.05, 4.69) is 0 Å². The molecule has 0 saturated heterocycles. The predicted molar refractivity (Wildman–Crippen MR) is 59.0 cm³/mol. The monoisotopic (exact) mass is 336 g/mol. The molecule has 0 unspecified atom stereocenters. The Morgan fingerprint density at radius 2 is 1.36 bits per heavy atom. The average molecular weight is 336 g/mol. The summed E-state index contributed by atoms with van der Waals surface area (Å²) < 4.78 is 102. The summed E-state index contributed by atoms with van der Waals surface area (Å²) in [6.45, 7) is -0.315. The fourth-order valence-electron chi connectivity index (χ4n) is 1.29. The second-order valence-corrected chi connectivity index (χ2v) is 4.30. The summed E-state index contributed by atoms with van der Waals surface area (Å²) in [5.74, 6) is -2.73. The third kappa shape index (κ3) is 3.39. The Morgan fingerprint density at radius 3 is 1.73 bits per heavy atom. The number of hydrogen-bond acceptors (Lipinski definition) is 1. The Bertz CT molecular complexity index is 532. The van der Waals surface area contributed by atoms with Crippen molar-refractivity contribution in [3.8, 4) is 0 Å². The van der Waals surface area contributed by atoms with Crippen molar-refractivity contribution in [1.82, 2.24) is 5.32 Å². The highest BCUT2D eigenvalue weighted by molar-refractivity contribution is 5.90. The van der Waals surface area contributed by atoms with Gasteiger partial charge in [-0.3, -0.25) is 0 Å². The topological polar surface area (TPSA) is 41.1 Å². The molecule has 11 heteroatoms. The van der Waals surface area contributed by atoms with Crippen molar-refractivity contribution in [1.29, 1.82) is 0 Å². The van der Waals surface area contributed by atoms with E-state index in [0.29, 0.717) is 17.4 Å². The zero-order valence-electron chi connectivity index (χ0n) is 10.7. The second kappa shape index (κ2) is 5.61. The third-order valence-electron chi connectivity index (χ3n) is 2.70. The molecule has 3 nitrogen and oxygen atoms in total. The highest BCUT2D eigenvalue weighted by Crippen LogP contribution is 2.42. The highest BCUT2D eigenvalue weighted by Gasteiger charge is 2.68. The molecule has 1 aromatic carbocycles. The van der Waals surface area contributed by atoms with Crippen LogP contribution in [-0.2, 0) is 0 Å². The number of carbonyl (C=O) groups is 1. The van der Waals surface area contributed by atoms with Gasteiger partial charge < -0.3 is 10.6 Å². The number of alkyl halides is 6. The van der Waals surface area contributed by atoms with Gasteiger partial charge in [-0.25, -0.2) is 13.6 Å². The van der Waals surface area contributed by atoms with Crippen LogP contribution in [0.25, 0.3) is 0 Å². The summed E-state index contributed by atoms with van der Waals surface area (Å²) in [4.78, 5) is 11.3. The molecule has 0 heterocycles. The molecule has 0 radical (unpaired) electrons. The van der Waals surface area contributed by atoms with Gasteiger partial charge in [0.2, 0.25) is 5.54 Å². The quantitative estimate of drug-likeness (QED) is 0.789. The lowest BCUT2D eigenvalue weighted by molar-refractivity contribution is -0.297. The van der Waals surface area contributed by atoms with Crippen molar-refractivity contribution in [2.24, 2.45) is 0 Å². The molecule has 0 aliphatic heterocycles. The molecule has 0 aliphatic rings. The molecule has 0 saturated carbocycles. The smallest absolute Gasteiger partial charge is 0.316 e. The van der Waals surface area contributed by atoms with E-state index in [1.54, 1.807) is 0 Å². The van der Waals surface area contributed by atoms with E-state index in [-0.39, 0.29) is 6.92 Å². The number of para-hydroxylation sites is 1. The number of benzene rings is 1. The second-order valence-electron chi connectivity index (χ2n) is 4.30. The Morgan fingerprint density at radius 1 is 0.955 bits per heavy atom. The number of urea groups is 1. The fraction of sp³-hybridized carbons (Fsp3) is 0.364. The first-order valence-electron chi connectivity index (χ1n) is 5.46. The van der Waals surface area contributed by atoms with Gasteiger partial charge in [0.25, 0.3) is 0 Å². The zero-order valence-corrected chi connectivity index (χ0v) is 10.7. The van der Waals surface area contributed by atoms with Crippen LogP contribution in [0.3, 0.4) is 0 Å². The number of amides is 2. The molecule has 0 aliphatic carbocycles. The number of rotatable bonds is 2. The van der Waals surface area contributed by atoms with Crippen LogP contribution in [-0.4, -0.2) is 23.9 Å². The minimum atomic E-state index is -5.88. The predicted octanol–water partition coefficient (Wildman–Crippen LogP) is 3.97. The number of anilines is 1. The molecule has 0 fully saturated rings. The number of carbonyl (C=O) groups excluding carboxylic acids is 1. The number of nitrogens with one attached hydrogen (secondary N) is 2. The Balaban J connectivity index is 3.04. The minimum absolute atomic E-state index is 0.315. The molecule has 2 N–H and O–H groups in total. The molecular weight excluding hydrogens is 328 g/mol. The maximum Gasteiger partial charge on any atom is 0.420 e. The first-order valence-corrected chi connectivity index (χ1v) is 5.46. The normalized spacial score (nSPS) is 13.0. The van der Waals surface area contributed by atoms with Crippen LogP contribution in [0.5, 0.6) is 0 Å². The molecular formula is C11H8F8N2O. The van der Waals surface area contributed by atoms with Crippen molar-refractivity contribution in [2.75, 3.05) is 5.32 Å². The maximum atomic E-state index is 13.2. The van der Waals surface area contributed by atoms with Gasteiger partial charge >= 0.3 is 18.4 Å². The molecule has 1 aromatic rings. The van der Waals surface area contributed by atoms with Gasteiger partial charge in [-0.15, -0.1) is 0 Å². The number of hydrogen-bond donors (Lipinski definition) is 2. The van der Waals surface area contributed by atoms with Crippen LogP contribution < -0.4 is 10.6 Å². The SMILES string of the molecule is CC(NC(=O)Nc1c(F)cccc1F)(C(F)(F)F)C(F)(F)F. The molecule has 0 spiro atoms. The van der Waals surface area contributed by atoms with Gasteiger partial charge in [-0.2, -0.15) is 26.3 Å². The minimum Gasteiger partial charge on any atom is -0.316 e. The van der Waals surface area contributed by atoms with E-state index in [9.17, 15) is 39.9 Å². The van der Waals surface area contributed by atoms with Crippen molar-refractivity contribution >= 4 is 11.7 Å². The molecule has 124 valence electrons. The summed E-state index contributed by atoms with van der Waals surface area (Å²) >= 11 is 0. The van der Waals surface area contributed by atoms with Crippen LogP contribution in [0, 0.1) is 11.6 Å². The Hall–Kier alpha value is -2.07. The van der Waals surface area contributed by atoms with Gasteiger partial charge in [0.05, 0.1) is 0 Å². The average Bonchev–Trinajstić information content (AvgIpc) is 2.31. The van der Waals surface area contributed by atoms with Crippen molar-refractivity contribution in [3.63, 3.8) is 0 Å².